The van der Waals surface area contributed by atoms with Crippen molar-refractivity contribution in [1.29, 1.82) is 0 Å². The molecular formula is C19H28N4O4. The van der Waals surface area contributed by atoms with Gasteiger partial charge in [-0.2, -0.15) is 0 Å². The molecule has 2 rings (SSSR count). The minimum atomic E-state index is 0.464. The molecule has 27 heavy (non-hydrogen) atoms. The van der Waals surface area contributed by atoms with Crippen LogP contribution in [-0.4, -0.2) is 51.5 Å². The van der Waals surface area contributed by atoms with Crippen LogP contribution in [0.5, 0.6) is 5.88 Å². The zero-order valence-corrected chi connectivity index (χ0v) is 15.9. The number of nitrogens with zero attached hydrogens (tertiary/aromatic N) is 2. The normalized spacial score (nSPS) is 11.4. The van der Waals surface area contributed by atoms with Gasteiger partial charge < -0.3 is 29.3 Å². The Morgan fingerprint density at radius 1 is 1.19 bits per heavy atom. The van der Waals surface area contributed by atoms with Crippen LogP contribution in [0, 0.1) is 0 Å². The molecule has 0 aromatic carbocycles. The topological polar surface area (TPSA) is 90.1 Å². The summed E-state index contributed by atoms with van der Waals surface area (Å²) in [4.78, 5) is 8.49. The largest absolute Gasteiger partial charge is 0.475 e. The molecule has 0 fully saturated rings. The number of methoxy groups -OCH3 is 1. The highest BCUT2D eigenvalue weighted by Gasteiger charge is 2.06. The van der Waals surface area contributed by atoms with Crippen molar-refractivity contribution in [2.75, 3.05) is 40.5 Å². The Balaban J connectivity index is 1.65. The second-order valence-electron chi connectivity index (χ2n) is 5.65. The standard InChI is InChI=1S/C19H28N4O4/c1-20-19(22-9-5-10-25-15-17-7-4-11-26-17)23-14-16-6-3-8-21-18(16)27-13-12-24-2/h3-4,6-8,11H,5,9-10,12-15H2,1-2H3,(H2,20,22,23). The average molecular weight is 376 g/mol. The highest BCUT2D eigenvalue weighted by Crippen LogP contribution is 2.13. The third-order valence-electron chi connectivity index (χ3n) is 3.63. The van der Waals surface area contributed by atoms with Crippen LogP contribution in [0.2, 0.25) is 0 Å². The molecular weight excluding hydrogens is 348 g/mol. The summed E-state index contributed by atoms with van der Waals surface area (Å²) in [5.41, 5.74) is 0.957. The SMILES string of the molecule is CN=C(NCCCOCc1ccco1)NCc1cccnc1OCCOC. The first kappa shape index (κ1) is 20.7. The maximum atomic E-state index is 5.64. The third kappa shape index (κ3) is 8.10. The average Bonchev–Trinajstić information content (AvgIpc) is 3.21. The van der Waals surface area contributed by atoms with Crippen LogP contribution in [-0.2, 0) is 22.6 Å². The van der Waals surface area contributed by atoms with Gasteiger partial charge >= 0.3 is 0 Å². The molecule has 2 aromatic heterocycles. The van der Waals surface area contributed by atoms with Gasteiger partial charge in [0.1, 0.15) is 19.0 Å². The molecule has 2 heterocycles. The van der Waals surface area contributed by atoms with E-state index in [1.165, 1.54) is 0 Å². The number of rotatable bonds is 12. The molecule has 0 radical (unpaired) electrons. The second-order valence-corrected chi connectivity index (χ2v) is 5.65. The Bertz CT molecular complexity index is 661. The summed E-state index contributed by atoms with van der Waals surface area (Å²) in [7, 11) is 3.38. The molecule has 2 N–H and O–H groups in total. The quantitative estimate of drug-likeness (QED) is 0.332. The number of guanidine groups is 1. The summed E-state index contributed by atoms with van der Waals surface area (Å²) in [6, 6.07) is 7.60. The summed E-state index contributed by atoms with van der Waals surface area (Å²) in [6.45, 7) is 3.44. The fourth-order valence-electron chi connectivity index (χ4n) is 2.26. The van der Waals surface area contributed by atoms with E-state index in [-0.39, 0.29) is 0 Å². The summed E-state index contributed by atoms with van der Waals surface area (Å²) in [5, 5.41) is 6.52. The highest BCUT2D eigenvalue weighted by atomic mass is 16.5. The number of hydrogen-bond acceptors (Lipinski definition) is 6. The summed E-state index contributed by atoms with van der Waals surface area (Å²) >= 11 is 0. The molecule has 8 heteroatoms. The minimum absolute atomic E-state index is 0.464. The first-order chi connectivity index (χ1) is 13.3. The summed E-state index contributed by atoms with van der Waals surface area (Å²) < 4.78 is 21.4. The van der Waals surface area contributed by atoms with Crippen molar-refractivity contribution >= 4 is 5.96 Å². The Hall–Kier alpha value is -2.58. The second kappa shape index (κ2) is 12.7. The predicted octanol–water partition coefficient (Wildman–Crippen LogP) is 1.97. The number of hydrogen-bond donors (Lipinski definition) is 2. The van der Waals surface area contributed by atoms with Gasteiger partial charge in [-0.3, -0.25) is 4.99 Å². The van der Waals surface area contributed by atoms with Gasteiger partial charge in [0.25, 0.3) is 0 Å². The zero-order valence-electron chi connectivity index (χ0n) is 15.9. The lowest BCUT2D eigenvalue weighted by Gasteiger charge is -2.14. The van der Waals surface area contributed by atoms with E-state index in [1.807, 2.05) is 24.3 Å². The van der Waals surface area contributed by atoms with Crippen LogP contribution >= 0.6 is 0 Å². The molecule has 0 saturated heterocycles. The fourth-order valence-corrected chi connectivity index (χ4v) is 2.26. The van der Waals surface area contributed by atoms with E-state index in [0.717, 1.165) is 24.3 Å². The van der Waals surface area contributed by atoms with Gasteiger partial charge in [-0.1, -0.05) is 6.07 Å². The molecule has 0 amide bonds. The highest BCUT2D eigenvalue weighted by molar-refractivity contribution is 5.79. The smallest absolute Gasteiger partial charge is 0.218 e. The Kier molecular flexibility index (Phi) is 9.77. The number of nitrogens with one attached hydrogen (secondary N) is 2. The number of ether oxygens (including phenoxy) is 3. The Morgan fingerprint density at radius 2 is 2.11 bits per heavy atom. The summed E-state index contributed by atoms with van der Waals surface area (Å²) in [5.74, 6) is 2.15. The van der Waals surface area contributed by atoms with E-state index >= 15 is 0 Å². The lowest BCUT2D eigenvalue weighted by molar-refractivity contribution is 0.105. The maximum absolute atomic E-state index is 5.64. The van der Waals surface area contributed by atoms with Crippen molar-refractivity contribution in [3.63, 3.8) is 0 Å². The van der Waals surface area contributed by atoms with Gasteiger partial charge in [0.15, 0.2) is 5.96 Å². The van der Waals surface area contributed by atoms with Crippen molar-refractivity contribution in [3.8, 4) is 5.88 Å². The number of aliphatic imine (C=N–C) groups is 1. The van der Waals surface area contributed by atoms with Crippen molar-refractivity contribution in [2.24, 2.45) is 4.99 Å². The van der Waals surface area contributed by atoms with Gasteiger partial charge in [0, 0.05) is 45.6 Å². The Morgan fingerprint density at radius 3 is 2.89 bits per heavy atom. The molecule has 0 atom stereocenters. The van der Waals surface area contributed by atoms with E-state index in [1.54, 1.807) is 26.6 Å². The van der Waals surface area contributed by atoms with Crippen LogP contribution in [0.4, 0.5) is 0 Å². The van der Waals surface area contributed by atoms with E-state index in [2.05, 4.69) is 20.6 Å². The minimum Gasteiger partial charge on any atom is -0.475 e. The van der Waals surface area contributed by atoms with Gasteiger partial charge in [-0.25, -0.2) is 4.98 Å². The zero-order chi connectivity index (χ0) is 19.2. The van der Waals surface area contributed by atoms with Crippen LogP contribution in [0.1, 0.15) is 17.7 Å². The van der Waals surface area contributed by atoms with Crippen LogP contribution in [0.25, 0.3) is 0 Å². The first-order valence-corrected chi connectivity index (χ1v) is 8.93. The van der Waals surface area contributed by atoms with E-state index in [4.69, 9.17) is 18.6 Å². The Labute approximate surface area is 159 Å². The van der Waals surface area contributed by atoms with Crippen molar-refractivity contribution in [3.05, 3.63) is 48.0 Å². The fraction of sp³-hybridized carbons (Fsp3) is 0.474. The molecule has 0 aliphatic rings. The number of pyridine rings is 1. The third-order valence-corrected chi connectivity index (χ3v) is 3.63. The maximum Gasteiger partial charge on any atom is 0.218 e. The molecule has 8 nitrogen and oxygen atoms in total. The van der Waals surface area contributed by atoms with Crippen molar-refractivity contribution in [1.82, 2.24) is 15.6 Å². The lowest BCUT2D eigenvalue weighted by atomic mass is 10.2. The first-order valence-electron chi connectivity index (χ1n) is 8.93. The van der Waals surface area contributed by atoms with Gasteiger partial charge in [0.2, 0.25) is 5.88 Å². The molecule has 0 saturated carbocycles. The van der Waals surface area contributed by atoms with E-state index in [9.17, 15) is 0 Å². The van der Waals surface area contributed by atoms with Crippen LogP contribution < -0.4 is 15.4 Å². The van der Waals surface area contributed by atoms with E-state index in [0.29, 0.717) is 44.8 Å². The van der Waals surface area contributed by atoms with Crippen LogP contribution in [0.15, 0.2) is 46.1 Å². The van der Waals surface area contributed by atoms with Gasteiger partial charge in [0.05, 0.1) is 12.9 Å². The van der Waals surface area contributed by atoms with Crippen molar-refractivity contribution < 1.29 is 18.6 Å². The van der Waals surface area contributed by atoms with Crippen LogP contribution in [0.3, 0.4) is 0 Å². The van der Waals surface area contributed by atoms with E-state index < -0.39 is 0 Å². The van der Waals surface area contributed by atoms with Gasteiger partial charge in [-0.05, 0) is 24.6 Å². The summed E-state index contributed by atoms with van der Waals surface area (Å²) in [6.07, 6.45) is 4.22. The monoisotopic (exact) mass is 376 g/mol. The molecule has 0 unspecified atom stereocenters. The molecule has 2 aromatic rings. The molecule has 0 aliphatic heterocycles. The lowest BCUT2D eigenvalue weighted by Crippen LogP contribution is -2.37. The predicted molar refractivity (Wildman–Crippen MR) is 103 cm³/mol. The molecule has 0 bridgehead atoms. The van der Waals surface area contributed by atoms with Crippen molar-refractivity contribution in [2.45, 2.75) is 19.6 Å². The van der Waals surface area contributed by atoms with Gasteiger partial charge in [-0.15, -0.1) is 0 Å². The number of furan rings is 1. The molecule has 0 spiro atoms. The molecule has 0 aliphatic carbocycles. The molecule has 148 valence electrons. The number of aromatic nitrogens is 1.